The lowest BCUT2D eigenvalue weighted by Crippen LogP contribution is -2.39. The number of amides is 1. The molecule has 5 nitrogen and oxygen atoms in total. The zero-order valence-corrected chi connectivity index (χ0v) is 12.8. The Morgan fingerprint density at radius 2 is 2.14 bits per heavy atom. The number of hydrogen-bond acceptors (Lipinski definition) is 4. The minimum atomic E-state index is -0.388. The number of carbonyl (C=O) groups excluding carboxylic acids is 1. The van der Waals surface area contributed by atoms with E-state index in [1.165, 1.54) is 0 Å². The van der Waals surface area contributed by atoms with Crippen LogP contribution in [-0.2, 0) is 4.79 Å². The zero-order chi connectivity index (χ0) is 15.2. The largest absolute Gasteiger partial charge is 0.491 e. The van der Waals surface area contributed by atoms with Crippen LogP contribution in [0.1, 0.15) is 31.9 Å². The van der Waals surface area contributed by atoms with E-state index >= 15 is 0 Å². The number of ether oxygens (including phenoxy) is 1. The molecule has 1 aromatic rings. The van der Waals surface area contributed by atoms with E-state index in [1.54, 1.807) is 0 Å². The Bertz CT molecular complexity index is 468. The molecule has 0 aromatic heterocycles. The van der Waals surface area contributed by atoms with Gasteiger partial charge in [-0.2, -0.15) is 0 Å². The maximum Gasteiger partial charge on any atom is 0.239 e. The van der Waals surface area contributed by atoms with Crippen LogP contribution in [0, 0.1) is 0 Å². The summed E-state index contributed by atoms with van der Waals surface area (Å²) in [5.41, 5.74) is 6.57. The SMILES string of the molecule is CC(C)Oc1cccc(C(C(N)=O)N2CCCNCC2)c1. The summed E-state index contributed by atoms with van der Waals surface area (Å²) in [4.78, 5) is 14.1. The van der Waals surface area contributed by atoms with Crippen molar-refractivity contribution in [2.24, 2.45) is 5.73 Å². The molecular weight excluding hydrogens is 266 g/mol. The van der Waals surface area contributed by atoms with Crippen molar-refractivity contribution < 1.29 is 9.53 Å². The van der Waals surface area contributed by atoms with E-state index < -0.39 is 0 Å². The summed E-state index contributed by atoms with van der Waals surface area (Å²) in [6.07, 6.45) is 1.13. The topological polar surface area (TPSA) is 67.6 Å². The van der Waals surface area contributed by atoms with Gasteiger partial charge in [0, 0.05) is 19.6 Å². The molecule has 1 fully saturated rings. The summed E-state index contributed by atoms with van der Waals surface area (Å²) in [6, 6.07) is 7.31. The molecule has 1 aliphatic heterocycles. The van der Waals surface area contributed by atoms with Crippen LogP contribution in [-0.4, -0.2) is 43.1 Å². The van der Waals surface area contributed by atoms with E-state index in [4.69, 9.17) is 10.5 Å². The van der Waals surface area contributed by atoms with Crippen LogP contribution >= 0.6 is 0 Å². The molecule has 21 heavy (non-hydrogen) atoms. The van der Waals surface area contributed by atoms with Crippen molar-refractivity contribution in [2.45, 2.75) is 32.4 Å². The Kier molecular flexibility index (Phi) is 5.59. The van der Waals surface area contributed by atoms with Crippen molar-refractivity contribution in [3.63, 3.8) is 0 Å². The molecule has 1 aromatic carbocycles. The van der Waals surface area contributed by atoms with Crippen LogP contribution in [0.4, 0.5) is 0 Å². The van der Waals surface area contributed by atoms with Gasteiger partial charge in [0.15, 0.2) is 0 Å². The molecule has 1 saturated heterocycles. The predicted octanol–water partition coefficient (Wildman–Crippen LogP) is 1.30. The van der Waals surface area contributed by atoms with E-state index in [0.717, 1.165) is 43.9 Å². The minimum Gasteiger partial charge on any atom is -0.491 e. The molecule has 3 N–H and O–H groups in total. The summed E-state index contributed by atoms with van der Waals surface area (Å²) in [6.45, 7) is 7.53. The molecular formula is C16H25N3O2. The Balaban J connectivity index is 2.22. The molecule has 1 heterocycles. The average molecular weight is 291 g/mol. The van der Waals surface area contributed by atoms with Gasteiger partial charge in [-0.3, -0.25) is 9.69 Å². The Hall–Kier alpha value is -1.59. The van der Waals surface area contributed by atoms with E-state index in [-0.39, 0.29) is 18.1 Å². The molecule has 1 aliphatic rings. The first kappa shape index (κ1) is 15.8. The summed E-state index contributed by atoms with van der Waals surface area (Å²) >= 11 is 0. The van der Waals surface area contributed by atoms with Gasteiger partial charge in [0.2, 0.25) is 5.91 Å². The Labute approximate surface area is 126 Å². The molecule has 0 aliphatic carbocycles. The molecule has 0 radical (unpaired) electrons. The highest BCUT2D eigenvalue weighted by Gasteiger charge is 2.26. The molecule has 1 amide bonds. The first-order chi connectivity index (χ1) is 10.1. The second-order valence-corrected chi connectivity index (χ2v) is 5.68. The number of benzene rings is 1. The molecule has 2 rings (SSSR count). The van der Waals surface area contributed by atoms with E-state index in [9.17, 15) is 4.79 Å². The first-order valence-electron chi connectivity index (χ1n) is 7.58. The van der Waals surface area contributed by atoms with Gasteiger partial charge in [-0.05, 0) is 44.5 Å². The van der Waals surface area contributed by atoms with Crippen LogP contribution in [0.2, 0.25) is 0 Å². The summed E-state index contributed by atoms with van der Waals surface area (Å²) in [5, 5.41) is 3.34. The standard InChI is InChI=1S/C16H25N3O2/c1-12(2)21-14-6-3-5-13(11-14)15(16(17)20)19-9-4-7-18-8-10-19/h3,5-6,11-12,15,18H,4,7-10H2,1-2H3,(H2,17,20). The maximum atomic E-state index is 12.0. The van der Waals surface area contributed by atoms with Crippen molar-refractivity contribution in [3.05, 3.63) is 29.8 Å². The van der Waals surface area contributed by atoms with Gasteiger partial charge >= 0.3 is 0 Å². The van der Waals surface area contributed by atoms with Gasteiger partial charge in [0.1, 0.15) is 11.8 Å². The molecule has 5 heteroatoms. The molecule has 1 unspecified atom stereocenters. The van der Waals surface area contributed by atoms with Gasteiger partial charge in [-0.1, -0.05) is 12.1 Å². The molecule has 1 atom stereocenters. The van der Waals surface area contributed by atoms with Gasteiger partial charge < -0.3 is 15.8 Å². The molecule has 116 valence electrons. The van der Waals surface area contributed by atoms with Crippen LogP contribution in [0.3, 0.4) is 0 Å². The van der Waals surface area contributed by atoms with Gasteiger partial charge in [-0.25, -0.2) is 0 Å². The number of nitrogens with one attached hydrogen (secondary N) is 1. The van der Waals surface area contributed by atoms with Gasteiger partial charge in [0.25, 0.3) is 0 Å². The number of hydrogen-bond donors (Lipinski definition) is 2. The third kappa shape index (κ3) is 4.44. The monoisotopic (exact) mass is 291 g/mol. The Morgan fingerprint density at radius 1 is 1.33 bits per heavy atom. The third-order valence-electron chi connectivity index (χ3n) is 3.55. The Morgan fingerprint density at radius 3 is 2.86 bits per heavy atom. The highest BCUT2D eigenvalue weighted by molar-refractivity contribution is 5.81. The smallest absolute Gasteiger partial charge is 0.239 e. The number of nitrogens with two attached hydrogens (primary N) is 1. The predicted molar refractivity (Wildman–Crippen MR) is 83.2 cm³/mol. The van der Waals surface area contributed by atoms with Crippen LogP contribution in [0.15, 0.2) is 24.3 Å². The van der Waals surface area contributed by atoms with Gasteiger partial charge in [-0.15, -0.1) is 0 Å². The van der Waals surface area contributed by atoms with Crippen molar-refractivity contribution in [2.75, 3.05) is 26.2 Å². The van der Waals surface area contributed by atoms with Crippen molar-refractivity contribution in [1.29, 1.82) is 0 Å². The number of nitrogens with zero attached hydrogens (tertiary/aromatic N) is 1. The number of primary amides is 1. The fraction of sp³-hybridized carbons (Fsp3) is 0.562. The van der Waals surface area contributed by atoms with E-state index in [1.807, 2.05) is 38.1 Å². The molecule has 0 spiro atoms. The average Bonchev–Trinajstić information content (AvgIpc) is 2.67. The lowest BCUT2D eigenvalue weighted by molar-refractivity contribution is -0.123. The van der Waals surface area contributed by atoms with Crippen molar-refractivity contribution in [1.82, 2.24) is 10.2 Å². The quantitative estimate of drug-likeness (QED) is 0.858. The normalized spacial score (nSPS) is 18.2. The summed E-state index contributed by atoms with van der Waals surface area (Å²) < 4.78 is 5.71. The van der Waals surface area contributed by atoms with Crippen molar-refractivity contribution >= 4 is 5.91 Å². The van der Waals surface area contributed by atoms with E-state index in [0.29, 0.717) is 0 Å². The zero-order valence-electron chi connectivity index (χ0n) is 12.8. The summed E-state index contributed by atoms with van der Waals surface area (Å²) in [5.74, 6) is 0.472. The lowest BCUT2D eigenvalue weighted by atomic mass is 10.0. The number of carbonyl (C=O) groups is 1. The highest BCUT2D eigenvalue weighted by atomic mass is 16.5. The van der Waals surface area contributed by atoms with Crippen LogP contribution in [0.5, 0.6) is 5.75 Å². The lowest BCUT2D eigenvalue weighted by Gasteiger charge is -2.28. The number of rotatable bonds is 5. The molecule has 0 bridgehead atoms. The van der Waals surface area contributed by atoms with Crippen LogP contribution in [0.25, 0.3) is 0 Å². The second kappa shape index (κ2) is 7.43. The first-order valence-corrected chi connectivity index (χ1v) is 7.58. The van der Waals surface area contributed by atoms with E-state index in [2.05, 4.69) is 10.2 Å². The highest BCUT2D eigenvalue weighted by Crippen LogP contribution is 2.25. The maximum absolute atomic E-state index is 12.0. The van der Waals surface area contributed by atoms with Crippen molar-refractivity contribution in [3.8, 4) is 5.75 Å². The molecule has 0 saturated carbocycles. The fourth-order valence-corrected chi connectivity index (χ4v) is 2.71. The second-order valence-electron chi connectivity index (χ2n) is 5.68. The fourth-order valence-electron chi connectivity index (χ4n) is 2.71. The van der Waals surface area contributed by atoms with Gasteiger partial charge in [0.05, 0.1) is 6.10 Å². The third-order valence-corrected chi connectivity index (χ3v) is 3.55. The van der Waals surface area contributed by atoms with Crippen LogP contribution < -0.4 is 15.8 Å². The minimum absolute atomic E-state index is 0.106. The summed E-state index contributed by atoms with van der Waals surface area (Å²) in [7, 11) is 0.